The molecule has 0 amide bonds. The number of hydrogen-bond acceptors (Lipinski definition) is 2. The molecule has 0 saturated heterocycles. The molecule has 0 aliphatic carbocycles. The first-order valence-corrected chi connectivity index (χ1v) is 15.3. The van der Waals surface area contributed by atoms with Gasteiger partial charge in [0, 0.05) is 39.8 Å². The van der Waals surface area contributed by atoms with Crippen molar-refractivity contribution >= 4 is 21.5 Å². The quantitative estimate of drug-likeness (QED) is 0.119. The maximum absolute atomic E-state index is 12.9. The van der Waals surface area contributed by atoms with Gasteiger partial charge in [0.05, 0.1) is 24.3 Å². The van der Waals surface area contributed by atoms with Gasteiger partial charge >= 0.3 is 12.4 Å². The van der Waals surface area contributed by atoms with Gasteiger partial charge in [-0.25, -0.2) is 0 Å². The Morgan fingerprint density at radius 3 is 1.18 bits per heavy atom. The highest BCUT2D eigenvalue weighted by Gasteiger charge is 2.30. The normalized spacial score (nSPS) is 12.9. The Labute approximate surface area is 277 Å². The molecule has 1 heterocycles. The second kappa shape index (κ2) is 12.6. The van der Waals surface area contributed by atoms with E-state index in [1.54, 1.807) is 0 Å². The van der Waals surface area contributed by atoms with Crippen LogP contribution in [-0.4, -0.2) is 13.2 Å². The number of hydrogen-bond donors (Lipinski definition) is 0. The molecule has 0 unspecified atom stereocenters. The molecule has 6 aromatic rings. The third-order valence-electron chi connectivity index (χ3n) is 8.14. The molecule has 0 fully saturated rings. The number of halogens is 6. The average Bonchev–Trinajstić information content (AvgIpc) is 3.18. The lowest BCUT2D eigenvalue weighted by Gasteiger charge is -2.18. The fourth-order valence-corrected chi connectivity index (χ4v) is 5.73. The Morgan fingerprint density at radius 1 is 0.429 bits per heavy atom. The van der Waals surface area contributed by atoms with Gasteiger partial charge in [-0.1, -0.05) is 47.9 Å². The van der Waals surface area contributed by atoms with E-state index in [4.69, 9.17) is 9.47 Å². The predicted molar refractivity (Wildman–Crippen MR) is 177 cm³/mol. The molecular weight excluding hydrogens is 638 g/mol. The number of rotatable bonds is 0. The van der Waals surface area contributed by atoms with Crippen LogP contribution in [0.5, 0.6) is 11.5 Å². The summed E-state index contributed by atoms with van der Waals surface area (Å²) < 4.78 is 90.2. The van der Waals surface area contributed by atoms with Crippen LogP contribution in [0.4, 0.5) is 26.3 Å². The van der Waals surface area contributed by atoms with Gasteiger partial charge in [-0.05, 0) is 106 Å². The maximum atomic E-state index is 12.9. The molecule has 2 nitrogen and oxygen atoms in total. The average molecular weight is 663 g/mol. The fraction of sp³-hybridized carbons (Fsp3) is 0.122. The molecule has 0 bridgehead atoms. The second-order valence-corrected chi connectivity index (χ2v) is 11.4. The molecule has 0 radical (unpaired) electrons. The third-order valence-corrected chi connectivity index (χ3v) is 8.14. The summed E-state index contributed by atoms with van der Waals surface area (Å²) in [6.07, 6.45) is -8.13. The van der Waals surface area contributed by atoms with E-state index >= 15 is 0 Å². The fourth-order valence-electron chi connectivity index (χ4n) is 5.73. The van der Waals surface area contributed by atoms with E-state index in [0.717, 1.165) is 56.9 Å². The van der Waals surface area contributed by atoms with E-state index in [1.807, 2.05) is 60.7 Å². The Hall–Kier alpha value is -5.86. The Morgan fingerprint density at radius 2 is 0.796 bits per heavy atom. The van der Waals surface area contributed by atoms with Crippen LogP contribution < -0.4 is 9.47 Å². The number of alkyl halides is 6. The van der Waals surface area contributed by atoms with E-state index in [-0.39, 0.29) is 0 Å². The summed E-state index contributed by atoms with van der Waals surface area (Å²) in [5.74, 6) is 13.4. The summed E-state index contributed by atoms with van der Waals surface area (Å²) in [5, 5.41) is 3.59. The van der Waals surface area contributed by atoms with Crippen LogP contribution in [-0.2, 0) is 12.4 Å². The zero-order chi connectivity index (χ0) is 34.2. The lowest BCUT2D eigenvalue weighted by Crippen LogP contribution is -2.04. The lowest BCUT2D eigenvalue weighted by atomic mass is 9.91. The minimum atomic E-state index is -4.41. The van der Waals surface area contributed by atoms with Gasteiger partial charge in [0.25, 0.3) is 0 Å². The molecule has 0 N–H and O–H groups in total. The van der Waals surface area contributed by atoms with Crippen molar-refractivity contribution in [1.82, 2.24) is 0 Å². The van der Waals surface area contributed by atoms with Crippen LogP contribution in [0.1, 0.15) is 39.8 Å². The van der Waals surface area contributed by atoms with Gasteiger partial charge in [-0.15, -0.1) is 0 Å². The Balaban J connectivity index is 1.28. The molecule has 8 heteroatoms. The van der Waals surface area contributed by atoms with E-state index in [9.17, 15) is 26.3 Å². The highest BCUT2D eigenvalue weighted by Crippen LogP contribution is 2.46. The molecule has 242 valence electrons. The van der Waals surface area contributed by atoms with E-state index in [0.29, 0.717) is 53.4 Å². The molecule has 0 atom stereocenters. The second-order valence-electron chi connectivity index (χ2n) is 11.4. The van der Waals surface area contributed by atoms with Crippen LogP contribution in [0, 0.1) is 23.7 Å². The van der Waals surface area contributed by atoms with Gasteiger partial charge < -0.3 is 9.47 Å². The highest BCUT2D eigenvalue weighted by atomic mass is 19.4. The van der Waals surface area contributed by atoms with Crippen molar-refractivity contribution in [2.75, 3.05) is 13.2 Å². The molecule has 1 aliphatic heterocycles. The predicted octanol–water partition coefficient (Wildman–Crippen LogP) is 10.7. The topological polar surface area (TPSA) is 18.5 Å². The summed E-state index contributed by atoms with van der Waals surface area (Å²) in [7, 11) is 0. The van der Waals surface area contributed by atoms with Gasteiger partial charge in [-0.3, -0.25) is 0 Å². The molecule has 49 heavy (non-hydrogen) atoms. The van der Waals surface area contributed by atoms with E-state index in [1.165, 1.54) is 24.3 Å². The first-order valence-electron chi connectivity index (χ1n) is 15.3. The number of ether oxygens (including phenoxy) is 2. The Kier molecular flexibility index (Phi) is 8.18. The lowest BCUT2D eigenvalue weighted by molar-refractivity contribution is -0.138. The zero-order valence-electron chi connectivity index (χ0n) is 25.6. The van der Waals surface area contributed by atoms with Crippen LogP contribution in [0.15, 0.2) is 109 Å². The number of fused-ring (bicyclic) bond motifs is 7. The van der Waals surface area contributed by atoms with Crippen molar-refractivity contribution in [1.29, 1.82) is 0 Å². The van der Waals surface area contributed by atoms with E-state index < -0.39 is 23.5 Å². The standard InChI is InChI=1S/C41H24F6O2/c42-40(43,44)32-14-6-26(7-15-32)2-4-28-10-18-34-30(24-28)12-20-36-38(34)39-35-19-11-29(5-3-27-8-16-33(17-9-27)41(45,46)47)25-31(35)13-21-37(39)49-23-1-22-48-36/h6-21,24-25H,1,22-23H2. The van der Waals surface area contributed by atoms with E-state index in [2.05, 4.69) is 23.7 Å². The van der Waals surface area contributed by atoms with Gasteiger partial charge in [0.15, 0.2) is 0 Å². The molecule has 0 aromatic heterocycles. The number of benzene rings is 6. The zero-order valence-corrected chi connectivity index (χ0v) is 25.6. The molecule has 6 aromatic carbocycles. The van der Waals surface area contributed by atoms with Crippen molar-refractivity contribution in [3.8, 4) is 46.3 Å². The maximum Gasteiger partial charge on any atom is 0.416 e. The van der Waals surface area contributed by atoms with Gasteiger partial charge in [-0.2, -0.15) is 26.3 Å². The summed E-state index contributed by atoms with van der Waals surface area (Å²) in [4.78, 5) is 0. The minimum absolute atomic E-state index is 0.463. The van der Waals surface area contributed by atoms with Crippen molar-refractivity contribution in [2.45, 2.75) is 18.8 Å². The Bertz CT molecular complexity index is 2160. The molecule has 0 saturated carbocycles. The van der Waals surface area contributed by atoms with Crippen molar-refractivity contribution in [3.05, 3.63) is 143 Å². The monoisotopic (exact) mass is 662 g/mol. The summed E-state index contributed by atoms with van der Waals surface area (Å²) in [6.45, 7) is 0.926. The third kappa shape index (κ3) is 6.77. The van der Waals surface area contributed by atoms with Crippen LogP contribution in [0.2, 0.25) is 0 Å². The SMILES string of the molecule is FC(F)(F)c1ccc(C#Cc2ccc3c4c(ccc3c2)OCCCOc2ccc3cc(C#Cc5ccc(C(F)(F)F)cc5)ccc3c2-4)cc1. The van der Waals surface area contributed by atoms with Crippen LogP contribution in [0.3, 0.4) is 0 Å². The summed E-state index contributed by atoms with van der Waals surface area (Å²) in [6, 6.07) is 28.7. The molecule has 1 aliphatic rings. The smallest absolute Gasteiger partial charge is 0.416 e. The van der Waals surface area contributed by atoms with Crippen molar-refractivity contribution in [3.63, 3.8) is 0 Å². The first kappa shape index (κ1) is 31.7. The van der Waals surface area contributed by atoms with Crippen molar-refractivity contribution in [2.24, 2.45) is 0 Å². The molecule has 0 spiro atoms. The summed E-state index contributed by atoms with van der Waals surface area (Å²) in [5.41, 5.74) is 2.59. The van der Waals surface area contributed by atoms with Gasteiger partial charge in [0.2, 0.25) is 0 Å². The van der Waals surface area contributed by atoms with Gasteiger partial charge in [0.1, 0.15) is 11.5 Å². The minimum Gasteiger partial charge on any atom is -0.493 e. The van der Waals surface area contributed by atoms with Crippen LogP contribution >= 0.6 is 0 Å². The molecular formula is C41H24F6O2. The first-order chi connectivity index (χ1) is 23.5. The van der Waals surface area contributed by atoms with Crippen molar-refractivity contribution < 1.29 is 35.8 Å². The molecule has 7 rings (SSSR count). The summed E-state index contributed by atoms with van der Waals surface area (Å²) >= 11 is 0. The van der Waals surface area contributed by atoms with Crippen LogP contribution in [0.25, 0.3) is 32.7 Å². The highest BCUT2D eigenvalue weighted by molar-refractivity contribution is 6.10. The largest absolute Gasteiger partial charge is 0.493 e.